The van der Waals surface area contributed by atoms with Gasteiger partial charge >= 0.3 is 11.9 Å². The largest absolute Gasteiger partial charge is 0.461 e. The number of nitrogens with zero attached hydrogens (tertiary/aromatic N) is 2. The number of rotatable bonds is 7. The van der Waals surface area contributed by atoms with E-state index in [1.807, 2.05) is 6.07 Å². The van der Waals surface area contributed by atoms with E-state index in [2.05, 4.69) is 30.5 Å². The molecule has 2 rings (SSSR count). The Hall–Kier alpha value is -1.65. The summed E-state index contributed by atoms with van der Waals surface area (Å²) >= 11 is 3.35. The summed E-state index contributed by atoms with van der Waals surface area (Å²) in [5, 5.41) is 4.15. The molecule has 6 nitrogen and oxygen atoms in total. The van der Waals surface area contributed by atoms with Gasteiger partial charge in [-0.25, -0.2) is 18.4 Å². The molecule has 1 aromatic carbocycles. The summed E-state index contributed by atoms with van der Waals surface area (Å²) < 4.78 is 51.6. The molecule has 0 fully saturated rings. The molecule has 0 saturated heterocycles. The van der Waals surface area contributed by atoms with Crippen LogP contribution in [0.1, 0.15) is 40.2 Å². The van der Waals surface area contributed by atoms with E-state index in [1.165, 1.54) is 24.0 Å². The van der Waals surface area contributed by atoms with Crippen molar-refractivity contribution in [2.75, 3.05) is 6.61 Å². The number of nitrogens with one attached hydrogen (secondary N) is 1. The van der Waals surface area contributed by atoms with E-state index in [0.717, 1.165) is 11.4 Å². The lowest BCUT2D eigenvalue weighted by Crippen LogP contribution is -2.60. The summed E-state index contributed by atoms with van der Waals surface area (Å²) in [5.41, 5.74) is -1.70. The Balaban J connectivity index is 2.56. The van der Waals surface area contributed by atoms with Gasteiger partial charge in [0.15, 0.2) is 0 Å². The number of hydrogen-bond donors (Lipinski definition) is 1. The average Bonchev–Trinajstić information content (AvgIpc) is 3.11. The van der Waals surface area contributed by atoms with E-state index in [-0.39, 0.29) is 12.2 Å². The number of alkyl halides is 2. The Morgan fingerprint density at radius 2 is 1.97 bits per heavy atom. The van der Waals surface area contributed by atoms with E-state index in [4.69, 9.17) is 0 Å². The molecular formula is C19H24BrF2N3O3S. The van der Waals surface area contributed by atoms with Crippen molar-refractivity contribution in [2.24, 2.45) is 0 Å². The number of ether oxygens (including phenoxy) is 1. The minimum absolute atomic E-state index is 0.00636. The Morgan fingerprint density at radius 3 is 2.52 bits per heavy atom. The smallest absolute Gasteiger partial charge is 0.379 e. The van der Waals surface area contributed by atoms with Gasteiger partial charge in [0.05, 0.1) is 34.2 Å². The van der Waals surface area contributed by atoms with Crippen molar-refractivity contribution in [3.63, 3.8) is 0 Å². The molecule has 1 N–H and O–H groups in total. The van der Waals surface area contributed by atoms with E-state index in [0.29, 0.717) is 5.69 Å². The Bertz CT molecular complexity index is 914. The molecular weight excluding hydrogens is 468 g/mol. The molecule has 29 heavy (non-hydrogen) atoms. The van der Waals surface area contributed by atoms with Crippen LogP contribution in [0.5, 0.6) is 0 Å². The van der Waals surface area contributed by atoms with E-state index < -0.39 is 33.2 Å². The average molecular weight is 492 g/mol. The maximum absolute atomic E-state index is 15.2. The first-order valence-corrected chi connectivity index (χ1v) is 10.8. The van der Waals surface area contributed by atoms with Crippen LogP contribution in [0.2, 0.25) is 0 Å². The zero-order valence-corrected chi connectivity index (χ0v) is 19.2. The van der Waals surface area contributed by atoms with Gasteiger partial charge in [-0.1, -0.05) is 22.0 Å². The van der Waals surface area contributed by atoms with E-state index in [1.54, 1.807) is 39.0 Å². The first-order chi connectivity index (χ1) is 13.3. The highest BCUT2D eigenvalue weighted by Crippen LogP contribution is 2.40. The van der Waals surface area contributed by atoms with Crippen LogP contribution >= 0.6 is 15.9 Å². The van der Waals surface area contributed by atoms with Gasteiger partial charge in [0.1, 0.15) is 5.54 Å². The maximum atomic E-state index is 15.2. The fourth-order valence-corrected chi connectivity index (χ4v) is 3.72. The van der Waals surface area contributed by atoms with Crippen LogP contribution in [0, 0.1) is 0 Å². The molecule has 0 bridgehead atoms. The second-order valence-corrected chi connectivity index (χ2v) is 10.4. The van der Waals surface area contributed by atoms with Crippen LogP contribution in [-0.2, 0) is 26.1 Å². The van der Waals surface area contributed by atoms with Gasteiger partial charge < -0.3 is 4.74 Å². The van der Waals surface area contributed by atoms with Crippen molar-refractivity contribution < 1.29 is 22.5 Å². The topological polar surface area (TPSA) is 73.2 Å². The molecule has 2 unspecified atom stereocenters. The fourth-order valence-electron chi connectivity index (χ4n) is 2.41. The predicted molar refractivity (Wildman–Crippen MR) is 111 cm³/mol. The van der Waals surface area contributed by atoms with Crippen LogP contribution in [-0.4, -0.2) is 37.2 Å². The lowest BCUT2D eigenvalue weighted by molar-refractivity contribution is -0.183. The molecule has 0 radical (unpaired) electrons. The van der Waals surface area contributed by atoms with Crippen molar-refractivity contribution in [2.45, 2.75) is 50.8 Å². The van der Waals surface area contributed by atoms with Gasteiger partial charge in [0.2, 0.25) is 0 Å². The molecule has 10 heteroatoms. The normalized spacial score (nSPS) is 15.6. The molecule has 0 aliphatic heterocycles. The summed E-state index contributed by atoms with van der Waals surface area (Å²) in [4.78, 5) is 12.1. The zero-order chi connectivity index (χ0) is 22.0. The van der Waals surface area contributed by atoms with Gasteiger partial charge in [-0.05, 0) is 52.8 Å². The molecule has 0 aliphatic rings. The molecule has 0 saturated carbocycles. The molecule has 0 spiro atoms. The summed E-state index contributed by atoms with van der Waals surface area (Å²) in [6.07, 6.45) is 2.60. The SMILES string of the molecule is CCOC(=O)C(F)(F)C(C)(NS(=O)C(C)(C)C)c1cnn(-c2cccc(Br)c2)c1. The number of halogens is 3. The van der Waals surface area contributed by atoms with Crippen molar-refractivity contribution in [1.29, 1.82) is 0 Å². The maximum Gasteiger partial charge on any atom is 0.379 e. The molecule has 0 amide bonds. The number of aromatic nitrogens is 2. The summed E-state index contributed by atoms with van der Waals surface area (Å²) in [6.45, 7) is 7.29. The molecule has 0 aliphatic carbocycles. The fraction of sp³-hybridized carbons (Fsp3) is 0.474. The van der Waals surface area contributed by atoms with Crippen LogP contribution in [0.15, 0.2) is 41.1 Å². The van der Waals surface area contributed by atoms with Gasteiger partial charge in [0, 0.05) is 16.2 Å². The highest BCUT2D eigenvalue weighted by molar-refractivity contribution is 9.10. The van der Waals surface area contributed by atoms with Gasteiger partial charge in [-0.15, -0.1) is 0 Å². The van der Waals surface area contributed by atoms with Gasteiger partial charge in [-0.2, -0.15) is 13.9 Å². The number of benzene rings is 1. The summed E-state index contributed by atoms with van der Waals surface area (Å²) in [7, 11) is -1.90. The minimum Gasteiger partial charge on any atom is -0.461 e. The quantitative estimate of drug-likeness (QED) is 0.591. The van der Waals surface area contributed by atoms with Crippen molar-refractivity contribution >= 4 is 32.9 Å². The number of hydrogen-bond acceptors (Lipinski definition) is 4. The standard InChI is InChI=1S/C19H24BrF2N3O3S/c1-6-28-16(26)19(21,22)18(5,24-29(27)17(2,3)4)13-11-23-25(12-13)15-9-7-8-14(20)10-15/h7-12,24H,6H2,1-5H3. The third-order valence-electron chi connectivity index (χ3n) is 4.25. The minimum atomic E-state index is -4.00. The van der Waals surface area contributed by atoms with Gasteiger partial charge in [-0.3, -0.25) is 0 Å². The molecule has 160 valence electrons. The second kappa shape index (κ2) is 8.61. The van der Waals surface area contributed by atoms with E-state index >= 15 is 8.78 Å². The van der Waals surface area contributed by atoms with Crippen LogP contribution in [0.25, 0.3) is 5.69 Å². The highest BCUT2D eigenvalue weighted by Gasteiger charge is 2.60. The highest BCUT2D eigenvalue weighted by atomic mass is 79.9. The molecule has 2 aromatic rings. The Labute approximate surface area is 179 Å². The lowest BCUT2D eigenvalue weighted by Gasteiger charge is -2.37. The number of carbonyl (C=O) groups excluding carboxylic acids is 1. The number of carbonyl (C=O) groups is 1. The summed E-state index contributed by atoms with van der Waals surface area (Å²) in [5.74, 6) is -5.70. The first-order valence-electron chi connectivity index (χ1n) is 8.88. The molecule has 1 heterocycles. The van der Waals surface area contributed by atoms with E-state index in [9.17, 15) is 9.00 Å². The second-order valence-electron chi connectivity index (χ2n) is 7.56. The Kier molecular flexibility index (Phi) is 7.01. The number of esters is 1. The summed E-state index contributed by atoms with van der Waals surface area (Å²) in [6, 6.07) is 7.11. The first kappa shape index (κ1) is 23.6. The van der Waals surface area contributed by atoms with Crippen LogP contribution in [0.3, 0.4) is 0 Å². The predicted octanol–water partition coefficient (Wildman–Crippen LogP) is 4.10. The lowest BCUT2D eigenvalue weighted by atomic mass is 9.88. The third-order valence-corrected chi connectivity index (χ3v) is 6.44. The van der Waals surface area contributed by atoms with Crippen LogP contribution < -0.4 is 4.72 Å². The molecule has 2 atom stereocenters. The van der Waals surface area contributed by atoms with Crippen LogP contribution in [0.4, 0.5) is 8.78 Å². The zero-order valence-electron chi connectivity index (χ0n) is 16.8. The van der Waals surface area contributed by atoms with Crippen molar-refractivity contribution in [3.8, 4) is 5.69 Å². The third kappa shape index (κ3) is 4.92. The molecule has 1 aromatic heterocycles. The monoisotopic (exact) mass is 491 g/mol. The van der Waals surface area contributed by atoms with Crippen molar-refractivity contribution in [3.05, 3.63) is 46.7 Å². The Morgan fingerprint density at radius 1 is 1.31 bits per heavy atom. The van der Waals surface area contributed by atoms with Gasteiger partial charge in [0.25, 0.3) is 0 Å². The van der Waals surface area contributed by atoms with Crippen molar-refractivity contribution in [1.82, 2.24) is 14.5 Å².